The molecule has 1 aromatic heterocycles. The third-order valence-electron chi connectivity index (χ3n) is 3.43. The van der Waals surface area contributed by atoms with Crippen LogP contribution in [0, 0.1) is 0 Å². The molecule has 7 heteroatoms. The van der Waals surface area contributed by atoms with Crippen molar-refractivity contribution in [3.8, 4) is 0 Å². The van der Waals surface area contributed by atoms with Gasteiger partial charge in [-0.3, -0.25) is 4.79 Å². The number of carbonyl (C=O) groups is 1. The molecule has 1 amide bonds. The minimum absolute atomic E-state index is 0.153. The SMILES string of the molecule is O=C(CSc1ccccc1)N/N=C\c1ccc(N2CCOCC2)o1. The van der Waals surface area contributed by atoms with Gasteiger partial charge >= 0.3 is 0 Å². The van der Waals surface area contributed by atoms with Gasteiger partial charge in [0.15, 0.2) is 5.88 Å². The van der Waals surface area contributed by atoms with Gasteiger partial charge in [0.1, 0.15) is 5.76 Å². The van der Waals surface area contributed by atoms with Crippen LogP contribution in [0.2, 0.25) is 0 Å². The van der Waals surface area contributed by atoms with E-state index >= 15 is 0 Å². The summed E-state index contributed by atoms with van der Waals surface area (Å²) in [6.07, 6.45) is 1.51. The molecule has 0 bridgehead atoms. The van der Waals surface area contributed by atoms with E-state index in [1.807, 2.05) is 42.5 Å². The molecule has 0 aliphatic carbocycles. The maximum Gasteiger partial charge on any atom is 0.250 e. The Morgan fingerprint density at radius 3 is 2.79 bits per heavy atom. The highest BCUT2D eigenvalue weighted by Gasteiger charge is 2.14. The predicted molar refractivity (Wildman–Crippen MR) is 94.6 cm³/mol. The molecule has 6 nitrogen and oxygen atoms in total. The molecule has 126 valence electrons. The van der Waals surface area contributed by atoms with Crippen molar-refractivity contribution in [3.63, 3.8) is 0 Å². The molecule has 0 radical (unpaired) electrons. The smallest absolute Gasteiger partial charge is 0.250 e. The van der Waals surface area contributed by atoms with E-state index in [9.17, 15) is 4.79 Å². The fourth-order valence-corrected chi connectivity index (χ4v) is 2.94. The Hall–Kier alpha value is -2.25. The average Bonchev–Trinajstić information content (AvgIpc) is 3.11. The molecule has 1 fully saturated rings. The molecular weight excluding hydrogens is 326 g/mol. The number of hydrogen-bond acceptors (Lipinski definition) is 6. The summed E-state index contributed by atoms with van der Waals surface area (Å²) in [4.78, 5) is 14.9. The molecule has 1 aliphatic rings. The van der Waals surface area contributed by atoms with Crippen LogP contribution in [0.15, 0.2) is 56.9 Å². The highest BCUT2D eigenvalue weighted by Crippen LogP contribution is 2.18. The number of rotatable bonds is 6. The molecule has 0 saturated carbocycles. The van der Waals surface area contributed by atoms with Gasteiger partial charge in [0.05, 0.1) is 25.2 Å². The van der Waals surface area contributed by atoms with Crippen molar-refractivity contribution in [2.24, 2.45) is 5.10 Å². The first kappa shape index (κ1) is 16.6. The van der Waals surface area contributed by atoms with Crippen LogP contribution in [0.3, 0.4) is 0 Å². The van der Waals surface area contributed by atoms with Crippen molar-refractivity contribution < 1.29 is 13.9 Å². The number of thioether (sulfide) groups is 1. The number of carbonyl (C=O) groups excluding carboxylic acids is 1. The molecule has 24 heavy (non-hydrogen) atoms. The summed E-state index contributed by atoms with van der Waals surface area (Å²) in [5.74, 6) is 1.57. The third-order valence-corrected chi connectivity index (χ3v) is 4.44. The summed E-state index contributed by atoms with van der Waals surface area (Å²) < 4.78 is 11.0. The van der Waals surface area contributed by atoms with Gasteiger partial charge in [0.25, 0.3) is 0 Å². The Morgan fingerprint density at radius 2 is 2.00 bits per heavy atom. The van der Waals surface area contributed by atoms with Gasteiger partial charge in [-0.15, -0.1) is 11.8 Å². The lowest BCUT2D eigenvalue weighted by molar-refractivity contribution is -0.118. The van der Waals surface area contributed by atoms with Crippen LogP contribution >= 0.6 is 11.8 Å². The molecule has 1 saturated heterocycles. The van der Waals surface area contributed by atoms with Gasteiger partial charge < -0.3 is 14.1 Å². The Labute approximate surface area is 144 Å². The number of furan rings is 1. The van der Waals surface area contributed by atoms with E-state index in [2.05, 4.69) is 15.4 Å². The number of amides is 1. The van der Waals surface area contributed by atoms with Crippen LogP contribution in [-0.4, -0.2) is 44.2 Å². The third kappa shape index (κ3) is 4.87. The van der Waals surface area contributed by atoms with E-state index in [1.54, 1.807) is 0 Å². The minimum Gasteiger partial charge on any atom is -0.440 e. The predicted octanol–water partition coefficient (Wildman–Crippen LogP) is 2.36. The van der Waals surface area contributed by atoms with Crippen LogP contribution in [0.1, 0.15) is 5.76 Å². The molecule has 1 aromatic carbocycles. The van der Waals surface area contributed by atoms with Gasteiger partial charge in [-0.25, -0.2) is 5.43 Å². The van der Waals surface area contributed by atoms with E-state index in [-0.39, 0.29) is 5.91 Å². The van der Waals surface area contributed by atoms with Crippen LogP contribution < -0.4 is 10.3 Å². The highest BCUT2D eigenvalue weighted by atomic mass is 32.2. The zero-order valence-corrected chi connectivity index (χ0v) is 14.0. The van der Waals surface area contributed by atoms with Crippen molar-refractivity contribution in [2.75, 3.05) is 37.0 Å². The topological polar surface area (TPSA) is 67.1 Å². The number of nitrogens with zero attached hydrogens (tertiary/aromatic N) is 2. The van der Waals surface area contributed by atoms with Crippen LogP contribution in [0.4, 0.5) is 5.88 Å². The normalized spacial score (nSPS) is 14.9. The summed E-state index contributed by atoms with van der Waals surface area (Å²) in [6, 6.07) is 13.5. The molecule has 3 rings (SSSR count). The quantitative estimate of drug-likeness (QED) is 0.495. The van der Waals surface area contributed by atoms with Crippen molar-refractivity contribution in [1.82, 2.24) is 5.43 Å². The fourth-order valence-electron chi connectivity index (χ4n) is 2.23. The second-order valence-corrected chi connectivity index (χ2v) is 6.22. The number of morpholine rings is 1. The summed E-state index contributed by atoms with van der Waals surface area (Å²) in [6.45, 7) is 3.05. The van der Waals surface area contributed by atoms with E-state index < -0.39 is 0 Å². The molecule has 1 aliphatic heterocycles. The second kappa shape index (κ2) is 8.56. The monoisotopic (exact) mass is 345 g/mol. The molecule has 0 spiro atoms. The number of ether oxygens (including phenoxy) is 1. The van der Waals surface area contributed by atoms with E-state index in [0.29, 0.717) is 24.7 Å². The minimum atomic E-state index is -0.153. The van der Waals surface area contributed by atoms with Gasteiger partial charge in [-0.2, -0.15) is 5.10 Å². The summed E-state index contributed by atoms with van der Waals surface area (Å²) in [7, 11) is 0. The maximum absolute atomic E-state index is 11.8. The Bertz CT molecular complexity index is 681. The lowest BCUT2D eigenvalue weighted by Crippen LogP contribution is -2.35. The lowest BCUT2D eigenvalue weighted by Gasteiger charge is -2.26. The Kier molecular flexibility index (Phi) is 5.92. The van der Waals surface area contributed by atoms with E-state index in [1.165, 1.54) is 18.0 Å². The van der Waals surface area contributed by atoms with Gasteiger partial charge in [-0.1, -0.05) is 18.2 Å². The van der Waals surface area contributed by atoms with Crippen LogP contribution in [0.25, 0.3) is 0 Å². The molecular formula is C17H19N3O3S. The average molecular weight is 345 g/mol. The molecule has 2 aromatic rings. The van der Waals surface area contributed by atoms with Gasteiger partial charge in [0.2, 0.25) is 5.91 Å². The lowest BCUT2D eigenvalue weighted by atomic mass is 10.4. The first-order chi connectivity index (χ1) is 11.8. The summed E-state index contributed by atoms with van der Waals surface area (Å²) in [5.41, 5.74) is 2.51. The zero-order valence-electron chi connectivity index (χ0n) is 13.2. The summed E-state index contributed by atoms with van der Waals surface area (Å²) in [5, 5.41) is 3.94. The Balaban J connectivity index is 1.44. The number of nitrogens with one attached hydrogen (secondary N) is 1. The number of benzene rings is 1. The largest absolute Gasteiger partial charge is 0.440 e. The van der Waals surface area contributed by atoms with Crippen LogP contribution in [-0.2, 0) is 9.53 Å². The first-order valence-corrected chi connectivity index (χ1v) is 8.72. The standard InChI is InChI=1S/C17H19N3O3S/c21-16(13-24-15-4-2-1-3-5-15)19-18-12-14-6-7-17(23-14)20-8-10-22-11-9-20/h1-7,12H,8-11,13H2,(H,19,21)/b18-12-. The van der Waals surface area contributed by atoms with Crippen LogP contribution in [0.5, 0.6) is 0 Å². The van der Waals surface area contributed by atoms with Gasteiger partial charge in [0, 0.05) is 24.1 Å². The maximum atomic E-state index is 11.8. The molecule has 0 unspecified atom stereocenters. The molecule has 1 N–H and O–H groups in total. The fraction of sp³-hybridized carbons (Fsp3) is 0.294. The van der Waals surface area contributed by atoms with Crippen molar-refractivity contribution in [1.29, 1.82) is 0 Å². The Morgan fingerprint density at radius 1 is 1.21 bits per heavy atom. The number of anilines is 1. The van der Waals surface area contributed by atoms with Crippen molar-refractivity contribution in [2.45, 2.75) is 4.90 Å². The number of hydrazone groups is 1. The van der Waals surface area contributed by atoms with E-state index in [0.717, 1.165) is 23.9 Å². The zero-order chi connectivity index (χ0) is 16.6. The molecule has 2 heterocycles. The first-order valence-electron chi connectivity index (χ1n) is 7.73. The highest BCUT2D eigenvalue weighted by molar-refractivity contribution is 8.00. The van der Waals surface area contributed by atoms with E-state index in [4.69, 9.17) is 9.15 Å². The number of hydrogen-bond donors (Lipinski definition) is 1. The summed E-state index contributed by atoms with van der Waals surface area (Å²) >= 11 is 1.47. The second-order valence-electron chi connectivity index (χ2n) is 5.17. The van der Waals surface area contributed by atoms with Crippen molar-refractivity contribution in [3.05, 3.63) is 48.2 Å². The molecule has 0 atom stereocenters. The van der Waals surface area contributed by atoms with Gasteiger partial charge in [-0.05, 0) is 18.2 Å². The van der Waals surface area contributed by atoms with Crippen molar-refractivity contribution >= 4 is 29.8 Å².